The molecule has 8 nitrogen and oxygen atoms in total. The molecule has 2 aromatic heterocycles. The minimum atomic E-state index is -5.25. The Morgan fingerprint density at radius 1 is 1.17 bits per heavy atom. The number of alkyl halides is 3. The first-order valence-electron chi connectivity index (χ1n) is 15.0. The van der Waals surface area contributed by atoms with Crippen LogP contribution >= 0.6 is 0 Å². The first kappa shape index (κ1) is 31.7. The van der Waals surface area contributed by atoms with Gasteiger partial charge in [-0.1, -0.05) is 13.0 Å². The lowest BCUT2D eigenvalue weighted by atomic mass is 9.82. The molecule has 12 heteroatoms. The summed E-state index contributed by atoms with van der Waals surface area (Å²) in [6.45, 7) is 3.29. The monoisotopic (exact) mass is 638 g/mol. The van der Waals surface area contributed by atoms with Gasteiger partial charge in [0.1, 0.15) is 28.5 Å². The lowest BCUT2D eigenvalue weighted by Crippen LogP contribution is -2.51. The van der Waals surface area contributed by atoms with Gasteiger partial charge in [0.05, 0.1) is 26.0 Å². The normalized spacial score (nSPS) is 19.7. The maximum absolute atomic E-state index is 14.9. The smallest absolute Gasteiger partial charge is 0.424 e. The average molecular weight is 639 g/mol. The molecule has 6 rings (SSSR count). The Balaban J connectivity index is 1.39. The molecule has 2 aromatic carbocycles. The zero-order valence-electron chi connectivity index (χ0n) is 25.5. The predicted octanol–water partition coefficient (Wildman–Crippen LogP) is 5.66. The number of nitrogens with zero attached hydrogens (tertiary/aromatic N) is 2. The summed E-state index contributed by atoms with van der Waals surface area (Å²) >= 11 is 0. The van der Waals surface area contributed by atoms with Crippen molar-refractivity contribution >= 4 is 16.8 Å². The van der Waals surface area contributed by atoms with Crippen molar-refractivity contribution in [3.05, 3.63) is 83.4 Å². The quantitative estimate of drug-likeness (QED) is 0.193. The SMILES string of the molecule is COc1cc(C(=O)NCC(O)(c2cc3c(c(-c4ccc(F)cc4)n2)OC[C@]3(C)CN[C@@H](C)C2CC2)C(F)(F)F)cc2cccnc12. The number of aliphatic hydroxyl groups is 1. The third kappa shape index (κ3) is 5.87. The fraction of sp³-hybridized carbons (Fsp3) is 0.382. The number of ether oxygens (including phenoxy) is 2. The molecule has 3 N–H and O–H groups in total. The number of pyridine rings is 2. The number of carbonyl (C=O) groups excluding carboxylic acids is 1. The number of halogens is 4. The fourth-order valence-corrected chi connectivity index (χ4v) is 5.84. The lowest BCUT2D eigenvalue weighted by Gasteiger charge is -2.32. The van der Waals surface area contributed by atoms with E-state index < -0.39 is 41.2 Å². The molecule has 0 radical (unpaired) electrons. The number of aromatic nitrogens is 2. The number of amides is 1. The summed E-state index contributed by atoms with van der Waals surface area (Å²) in [5, 5.41) is 17.8. The van der Waals surface area contributed by atoms with Crippen LogP contribution in [0.4, 0.5) is 17.6 Å². The van der Waals surface area contributed by atoms with Gasteiger partial charge in [-0.15, -0.1) is 0 Å². The highest BCUT2D eigenvalue weighted by molar-refractivity contribution is 5.99. The highest BCUT2D eigenvalue weighted by Gasteiger charge is 2.57. The third-order valence-corrected chi connectivity index (χ3v) is 8.97. The molecule has 2 aliphatic rings. The molecule has 4 aromatic rings. The minimum Gasteiger partial charge on any atom is -0.494 e. The van der Waals surface area contributed by atoms with Crippen LogP contribution in [0.2, 0.25) is 0 Å². The van der Waals surface area contributed by atoms with Crippen LogP contribution in [0.25, 0.3) is 22.2 Å². The van der Waals surface area contributed by atoms with Crippen LogP contribution in [0, 0.1) is 11.7 Å². The summed E-state index contributed by atoms with van der Waals surface area (Å²) in [5.74, 6) is -0.313. The maximum atomic E-state index is 14.9. The molecular weight excluding hydrogens is 604 g/mol. The second-order valence-corrected chi connectivity index (χ2v) is 12.4. The standard InChI is InChI=1S/C34H34F4N4O4/c1-19(20-6-7-20)40-16-32(2)18-46-30-25(32)15-27(42-29(30)21-8-10-24(35)11-9-21)33(44,34(36,37)38)17-41-31(43)23-13-22-5-4-12-39-28(22)26(14-23)45-3/h4-5,8-15,19-20,40,44H,6-7,16-18H2,1-3H3,(H,41,43)/t19-,32-,33?/m0/s1. The van der Waals surface area contributed by atoms with Crippen LogP contribution in [-0.4, -0.2) is 60.0 Å². The number of benzene rings is 2. The summed E-state index contributed by atoms with van der Waals surface area (Å²) in [5.41, 5.74) is -3.80. The molecule has 1 aliphatic heterocycles. The van der Waals surface area contributed by atoms with Crippen LogP contribution in [-0.2, 0) is 11.0 Å². The van der Waals surface area contributed by atoms with Gasteiger partial charge >= 0.3 is 6.18 Å². The van der Waals surface area contributed by atoms with E-state index in [0.717, 1.165) is 12.8 Å². The number of carbonyl (C=O) groups is 1. The Labute approximate surface area is 263 Å². The molecule has 1 aliphatic carbocycles. The Bertz CT molecular complexity index is 1780. The van der Waals surface area contributed by atoms with E-state index >= 15 is 0 Å². The van der Waals surface area contributed by atoms with Crippen molar-refractivity contribution in [2.45, 2.75) is 49.9 Å². The Morgan fingerprint density at radius 3 is 2.59 bits per heavy atom. The van der Waals surface area contributed by atoms with Gasteiger partial charge in [0.15, 0.2) is 0 Å². The number of rotatable bonds is 10. The van der Waals surface area contributed by atoms with E-state index in [1.165, 1.54) is 49.6 Å². The van der Waals surface area contributed by atoms with Gasteiger partial charge < -0.3 is 25.2 Å². The number of nitrogens with one attached hydrogen (secondary N) is 2. The van der Waals surface area contributed by atoms with E-state index in [9.17, 15) is 27.5 Å². The van der Waals surface area contributed by atoms with Gasteiger partial charge in [0, 0.05) is 46.3 Å². The molecule has 46 heavy (non-hydrogen) atoms. The first-order valence-corrected chi connectivity index (χ1v) is 15.0. The number of fused-ring (bicyclic) bond motifs is 2. The Morgan fingerprint density at radius 2 is 1.91 bits per heavy atom. The molecule has 0 bridgehead atoms. The average Bonchev–Trinajstić information content (AvgIpc) is 3.85. The van der Waals surface area contributed by atoms with Gasteiger partial charge in [0.25, 0.3) is 5.91 Å². The van der Waals surface area contributed by atoms with Gasteiger partial charge in [0.2, 0.25) is 5.60 Å². The van der Waals surface area contributed by atoms with E-state index in [2.05, 4.69) is 27.5 Å². The molecule has 0 spiro atoms. The van der Waals surface area contributed by atoms with Crippen LogP contribution in [0.15, 0.2) is 60.8 Å². The zero-order chi connectivity index (χ0) is 32.9. The van der Waals surface area contributed by atoms with Crippen LogP contribution in [0.1, 0.15) is 48.3 Å². The summed E-state index contributed by atoms with van der Waals surface area (Å²) in [6, 6.07) is 12.8. The summed E-state index contributed by atoms with van der Waals surface area (Å²) < 4.78 is 69.9. The Kier molecular flexibility index (Phi) is 8.14. The molecule has 3 heterocycles. The van der Waals surface area contributed by atoms with Crippen molar-refractivity contribution in [1.29, 1.82) is 0 Å². The highest BCUT2D eigenvalue weighted by atomic mass is 19.4. The van der Waals surface area contributed by atoms with Gasteiger partial charge in [-0.05, 0) is 74.2 Å². The molecule has 1 fully saturated rings. The number of hydrogen-bond donors (Lipinski definition) is 3. The Hall–Kier alpha value is -4.29. The van der Waals surface area contributed by atoms with Crippen LogP contribution < -0.4 is 20.1 Å². The maximum Gasteiger partial charge on any atom is 0.424 e. The molecule has 1 saturated carbocycles. The van der Waals surface area contributed by atoms with E-state index in [4.69, 9.17) is 9.47 Å². The van der Waals surface area contributed by atoms with Gasteiger partial charge in [-0.25, -0.2) is 9.37 Å². The molecular formula is C34H34F4N4O4. The largest absolute Gasteiger partial charge is 0.494 e. The van der Waals surface area contributed by atoms with Crippen LogP contribution in [0.3, 0.4) is 0 Å². The van der Waals surface area contributed by atoms with E-state index in [0.29, 0.717) is 34.5 Å². The van der Waals surface area contributed by atoms with E-state index in [-0.39, 0.29) is 35.4 Å². The second kappa shape index (κ2) is 11.8. The molecule has 1 amide bonds. The third-order valence-electron chi connectivity index (χ3n) is 8.97. The predicted molar refractivity (Wildman–Crippen MR) is 163 cm³/mol. The minimum absolute atomic E-state index is 0.0209. The van der Waals surface area contributed by atoms with Crippen molar-refractivity contribution in [3.63, 3.8) is 0 Å². The van der Waals surface area contributed by atoms with E-state index in [1.807, 2.05) is 6.92 Å². The van der Waals surface area contributed by atoms with Crippen LogP contribution in [0.5, 0.6) is 11.5 Å². The number of hydrogen-bond acceptors (Lipinski definition) is 7. The molecule has 0 saturated heterocycles. The molecule has 1 unspecified atom stereocenters. The van der Waals surface area contributed by atoms with Crippen molar-refractivity contribution in [3.8, 4) is 22.8 Å². The fourth-order valence-electron chi connectivity index (χ4n) is 5.84. The second-order valence-electron chi connectivity index (χ2n) is 12.4. The van der Waals surface area contributed by atoms with Crippen molar-refractivity contribution in [2.75, 3.05) is 26.8 Å². The molecule has 3 atom stereocenters. The highest BCUT2D eigenvalue weighted by Crippen LogP contribution is 2.48. The van der Waals surface area contributed by atoms with Crippen molar-refractivity contribution in [1.82, 2.24) is 20.6 Å². The first-order chi connectivity index (χ1) is 21.8. The van der Waals surface area contributed by atoms with Gasteiger partial charge in [-0.3, -0.25) is 9.78 Å². The number of methoxy groups -OCH3 is 1. The summed E-state index contributed by atoms with van der Waals surface area (Å²) in [6.07, 6.45) is -1.46. The molecule has 242 valence electrons. The van der Waals surface area contributed by atoms with Crippen molar-refractivity contribution < 1.29 is 36.9 Å². The summed E-state index contributed by atoms with van der Waals surface area (Å²) in [4.78, 5) is 21.7. The van der Waals surface area contributed by atoms with Crippen molar-refractivity contribution in [2.24, 2.45) is 5.92 Å². The topological polar surface area (TPSA) is 106 Å². The van der Waals surface area contributed by atoms with Gasteiger partial charge in [-0.2, -0.15) is 13.2 Å². The lowest BCUT2D eigenvalue weighted by molar-refractivity contribution is -0.265. The zero-order valence-corrected chi connectivity index (χ0v) is 25.5. The van der Waals surface area contributed by atoms with E-state index in [1.54, 1.807) is 18.3 Å². The summed E-state index contributed by atoms with van der Waals surface area (Å²) in [7, 11) is 1.39.